The quantitative estimate of drug-likeness (QED) is 0.838. The van der Waals surface area contributed by atoms with Crippen LogP contribution in [0.15, 0.2) is 11.5 Å². The summed E-state index contributed by atoms with van der Waals surface area (Å²) >= 11 is 1.64. The van der Waals surface area contributed by atoms with Crippen molar-refractivity contribution in [2.45, 2.75) is 26.2 Å². The zero-order valence-corrected chi connectivity index (χ0v) is 9.38. The van der Waals surface area contributed by atoms with Gasteiger partial charge >= 0.3 is 5.97 Å². The van der Waals surface area contributed by atoms with Gasteiger partial charge in [-0.15, -0.1) is 11.3 Å². The summed E-state index contributed by atoms with van der Waals surface area (Å²) in [6.45, 7) is 1.98. The Morgan fingerprint density at radius 1 is 1.67 bits per heavy atom. The molecule has 1 aromatic heterocycles. The van der Waals surface area contributed by atoms with E-state index in [4.69, 9.17) is 5.11 Å². The number of rotatable bonds is 2. The van der Waals surface area contributed by atoms with Crippen LogP contribution < -0.4 is 0 Å². The summed E-state index contributed by atoms with van der Waals surface area (Å²) in [5.41, 5.74) is 2.23. The summed E-state index contributed by atoms with van der Waals surface area (Å²) in [6.07, 6.45) is 4.23. The lowest BCUT2D eigenvalue weighted by molar-refractivity contribution is -0.141. The number of nitrogens with zero attached hydrogens (tertiary/aromatic N) is 1. The molecule has 1 atom stereocenters. The molecule has 4 heteroatoms. The molecule has 80 valence electrons. The SMILES string of the molecule is Cc1nc(C2=CC[C@@H](C(=O)O)CC2)cs1. The molecular formula is C11H13NO2S. The first-order chi connectivity index (χ1) is 7.16. The Morgan fingerprint density at radius 3 is 2.93 bits per heavy atom. The molecule has 0 saturated carbocycles. The molecule has 0 unspecified atom stereocenters. The maximum atomic E-state index is 10.8. The van der Waals surface area contributed by atoms with Gasteiger partial charge in [0.2, 0.25) is 0 Å². The van der Waals surface area contributed by atoms with Gasteiger partial charge in [0.25, 0.3) is 0 Å². The second-order valence-electron chi connectivity index (χ2n) is 3.79. The summed E-state index contributed by atoms with van der Waals surface area (Å²) in [4.78, 5) is 15.2. The van der Waals surface area contributed by atoms with Crippen molar-refractivity contribution in [3.63, 3.8) is 0 Å². The van der Waals surface area contributed by atoms with E-state index in [1.807, 2.05) is 18.4 Å². The monoisotopic (exact) mass is 223 g/mol. The predicted octanol–water partition coefficient (Wildman–Crippen LogP) is 2.72. The molecule has 1 N–H and O–H groups in total. The summed E-state index contributed by atoms with van der Waals surface area (Å²) in [5, 5.41) is 12.0. The Labute approximate surface area is 92.5 Å². The number of aryl methyl sites for hydroxylation is 1. The van der Waals surface area contributed by atoms with Gasteiger partial charge in [-0.2, -0.15) is 0 Å². The van der Waals surface area contributed by atoms with Crippen LogP contribution >= 0.6 is 11.3 Å². The van der Waals surface area contributed by atoms with E-state index in [-0.39, 0.29) is 5.92 Å². The molecule has 3 nitrogen and oxygen atoms in total. The van der Waals surface area contributed by atoms with Gasteiger partial charge in [0.05, 0.1) is 16.6 Å². The smallest absolute Gasteiger partial charge is 0.306 e. The number of aromatic nitrogens is 1. The van der Waals surface area contributed by atoms with Crippen molar-refractivity contribution in [2.24, 2.45) is 5.92 Å². The molecule has 1 heterocycles. The van der Waals surface area contributed by atoms with Gasteiger partial charge in [0.1, 0.15) is 0 Å². The van der Waals surface area contributed by atoms with Gasteiger partial charge < -0.3 is 5.11 Å². The van der Waals surface area contributed by atoms with Crippen molar-refractivity contribution in [1.29, 1.82) is 0 Å². The van der Waals surface area contributed by atoms with Gasteiger partial charge in [0, 0.05) is 5.38 Å². The summed E-state index contributed by atoms with van der Waals surface area (Å²) in [6, 6.07) is 0. The maximum Gasteiger partial charge on any atom is 0.306 e. The zero-order valence-electron chi connectivity index (χ0n) is 8.56. The lowest BCUT2D eigenvalue weighted by Gasteiger charge is -2.17. The number of carboxylic acid groups (broad SMARTS) is 1. The third-order valence-electron chi connectivity index (χ3n) is 2.71. The van der Waals surface area contributed by atoms with Gasteiger partial charge in [0.15, 0.2) is 0 Å². The van der Waals surface area contributed by atoms with Crippen LogP contribution in [0.1, 0.15) is 30.0 Å². The van der Waals surface area contributed by atoms with Crippen LogP contribution in [0.3, 0.4) is 0 Å². The fourth-order valence-corrected chi connectivity index (χ4v) is 2.44. The van der Waals surface area contributed by atoms with Gasteiger partial charge in [-0.05, 0) is 31.8 Å². The van der Waals surface area contributed by atoms with E-state index < -0.39 is 5.97 Å². The molecule has 1 aliphatic carbocycles. The highest BCUT2D eigenvalue weighted by Crippen LogP contribution is 2.30. The molecule has 1 aromatic rings. The van der Waals surface area contributed by atoms with E-state index in [0.29, 0.717) is 6.42 Å². The van der Waals surface area contributed by atoms with E-state index in [1.54, 1.807) is 11.3 Å². The third kappa shape index (κ3) is 2.26. The standard InChI is InChI=1S/C11H13NO2S/c1-7-12-10(6-15-7)8-2-4-9(5-3-8)11(13)14/h2,6,9H,3-5H2,1H3,(H,13,14)/t9-/m1/s1. The number of hydrogen-bond acceptors (Lipinski definition) is 3. The molecule has 0 saturated heterocycles. The Bertz CT molecular complexity index is 408. The maximum absolute atomic E-state index is 10.8. The van der Waals surface area contributed by atoms with E-state index in [0.717, 1.165) is 23.5 Å². The minimum absolute atomic E-state index is 0.200. The van der Waals surface area contributed by atoms with Crippen LogP contribution in [0.2, 0.25) is 0 Å². The predicted molar refractivity (Wildman–Crippen MR) is 59.8 cm³/mol. The number of aliphatic carboxylic acids is 1. The van der Waals surface area contributed by atoms with Crippen LogP contribution in [0.4, 0.5) is 0 Å². The first-order valence-electron chi connectivity index (χ1n) is 5.01. The molecule has 0 aromatic carbocycles. The highest BCUT2D eigenvalue weighted by Gasteiger charge is 2.21. The Morgan fingerprint density at radius 2 is 2.47 bits per heavy atom. The molecule has 0 fully saturated rings. The van der Waals surface area contributed by atoms with Crippen molar-refractivity contribution in [3.05, 3.63) is 22.2 Å². The Balaban J connectivity index is 2.11. The van der Waals surface area contributed by atoms with Gasteiger partial charge in [-0.25, -0.2) is 4.98 Å². The van der Waals surface area contributed by atoms with Gasteiger partial charge in [-0.1, -0.05) is 6.08 Å². The van der Waals surface area contributed by atoms with Crippen LogP contribution in [-0.2, 0) is 4.79 Å². The second kappa shape index (κ2) is 4.14. The first-order valence-corrected chi connectivity index (χ1v) is 5.89. The fourth-order valence-electron chi connectivity index (χ4n) is 1.80. The van der Waals surface area contributed by atoms with E-state index >= 15 is 0 Å². The summed E-state index contributed by atoms with van der Waals surface area (Å²) in [5.74, 6) is -0.881. The minimum atomic E-state index is -0.681. The van der Waals surface area contributed by atoms with E-state index in [9.17, 15) is 4.79 Å². The first kappa shape index (κ1) is 10.4. The van der Waals surface area contributed by atoms with Crippen molar-refractivity contribution >= 4 is 22.9 Å². The molecular weight excluding hydrogens is 210 g/mol. The fraction of sp³-hybridized carbons (Fsp3) is 0.455. The molecule has 1 aliphatic rings. The Kier molecular flexibility index (Phi) is 2.86. The van der Waals surface area contributed by atoms with Gasteiger partial charge in [-0.3, -0.25) is 4.79 Å². The van der Waals surface area contributed by atoms with Crippen molar-refractivity contribution in [2.75, 3.05) is 0 Å². The van der Waals surface area contributed by atoms with Crippen LogP contribution in [0, 0.1) is 12.8 Å². The second-order valence-corrected chi connectivity index (χ2v) is 4.85. The van der Waals surface area contributed by atoms with Crippen molar-refractivity contribution < 1.29 is 9.90 Å². The third-order valence-corrected chi connectivity index (χ3v) is 3.48. The molecule has 0 bridgehead atoms. The summed E-state index contributed by atoms with van der Waals surface area (Å²) in [7, 11) is 0. The number of thiazole rings is 1. The average Bonchev–Trinajstić information content (AvgIpc) is 2.65. The van der Waals surface area contributed by atoms with Crippen molar-refractivity contribution in [3.8, 4) is 0 Å². The molecule has 15 heavy (non-hydrogen) atoms. The number of carbonyl (C=O) groups is 1. The van der Waals surface area contributed by atoms with E-state index in [2.05, 4.69) is 4.98 Å². The molecule has 0 amide bonds. The minimum Gasteiger partial charge on any atom is -0.481 e. The Hall–Kier alpha value is -1.16. The lowest BCUT2D eigenvalue weighted by atomic mass is 9.89. The van der Waals surface area contributed by atoms with E-state index in [1.165, 1.54) is 5.57 Å². The molecule has 0 spiro atoms. The van der Waals surface area contributed by atoms with Crippen LogP contribution in [0.5, 0.6) is 0 Å². The number of carboxylic acids is 1. The van der Waals surface area contributed by atoms with Crippen LogP contribution in [-0.4, -0.2) is 16.1 Å². The average molecular weight is 223 g/mol. The summed E-state index contributed by atoms with van der Waals surface area (Å²) < 4.78 is 0. The normalized spacial score (nSPS) is 21.1. The lowest BCUT2D eigenvalue weighted by Crippen LogP contribution is -2.15. The number of hydrogen-bond donors (Lipinski definition) is 1. The molecule has 0 aliphatic heterocycles. The molecule has 0 radical (unpaired) electrons. The highest BCUT2D eigenvalue weighted by molar-refractivity contribution is 7.09. The van der Waals surface area contributed by atoms with Crippen LogP contribution in [0.25, 0.3) is 5.57 Å². The zero-order chi connectivity index (χ0) is 10.8. The molecule has 2 rings (SSSR count). The number of allylic oxidation sites excluding steroid dienone is 2. The largest absolute Gasteiger partial charge is 0.481 e. The highest BCUT2D eigenvalue weighted by atomic mass is 32.1. The van der Waals surface area contributed by atoms with Crippen molar-refractivity contribution in [1.82, 2.24) is 4.98 Å². The topological polar surface area (TPSA) is 50.2 Å².